The second-order valence-electron chi connectivity index (χ2n) is 5.44. The van der Waals surface area contributed by atoms with Crippen LogP contribution in [0.2, 0.25) is 0 Å². The van der Waals surface area contributed by atoms with Gasteiger partial charge >= 0.3 is 0 Å². The molecule has 1 saturated heterocycles. The summed E-state index contributed by atoms with van der Waals surface area (Å²) in [6, 6.07) is 8.18. The highest BCUT2D eigenvalue weighted by atomic mass is 16.5. The van der Waals surface area contributed by atoms with Gasteiger partial charge in [-0.1, -0.05) is 25.0 Å². The van der Waals surface area contributed by atoms with Crippen LogP contribution in [0.3, 0.4) is 0 Å². The molecule has 0 unspecified atom stereocenters. The molecule has 1 aliphatic carbocycles. The molecule has 1 saturated carbocycles. The molecular formula is C15H19NO2. The van der Waals surface area contributed by atoms with Crippen LogP contribution in [0.4, 0.5) is 0 Å². The summed E-state index contributed by atoms with van der Waals surface area (Å²) >= 11 is 0. The van der Waals surface area contributed by atoms with Gasteiger partial charge in [0.25, 0.3) is 0 Å². The summed E-state index contributed by atoms with van der Waals surface area (Å²) in [6.07, 6.45) is 5.33. The van der Waals surface area contributed by atoms with E-state index in [1.165, 1.54) is 18.4 Å². The smallest absolute Gasteiger partial charge is 0.221 e. The van der Waals surface area contributed by atoms with Crippen molar-refractivity contribution >= 4 is 5.91 Å². The van der Waals surface area contributed by atoms with Crippen LogP contribution in [-0.2, 0) is 4.79 Å². The van der Waals surface area contributed by atoms with Gasteiger partial charge in [-0.3, -0.25) is 4.79 Å². The lowest BCUT2D eigenvalue weighted by Crippen LogP contribution is -2.42. The van der Waals surface area contributed by atoms with Crippen molar-refractivity contribution in [2.24, 2.45) is 0 Å². The molecule has 1 amide bonds. The van der Waals surface area contributed by atoms with Gasteiger partial charge in [0.1, 0.15) is 5.75 Å². The van der Waals surface area contributed by atoms with Crippen LogP contribution in [0, 0.1) is 0 Å². The van der Waals surface area contributed by atoms with Gasteiger partial charge in [0.05, 0.1) is 7.11 Å². The van der Waals surface area contributed by atoms with Crippen molar-refractivity contribution in [2.75, 3.05) is 7.11 Å². The fourth-order valence-electron chi connectivity index (χ4n) is 3.55. The van der Waals surface area contributed by atoms with Crippen molar-refractivity contribution in [3.8, 4) is 5.75 Å². The first kappa shape index (κ1) is 11.6. The van der Waals surface area contributed by atoms with Gasteiger partial charge in [-0.25, -0.2) is 0 Å². The lowest BCUT2D eigenvalue weighted by molar-refractivity contribution is -0.119. The summed E-state index contributed by atoms with van der Waals surface area (Å²) in [7, 11) is 1.67. The zero-order chi connectivity index (χ0) is 12.6. The van der Waals surface area contributed by atoms with E-state index in [0.29, 0.717) is 12.3 Å². The highest BCUT2D eigenvalue weighted by Gasteiger charge is 2.48. The van der Waals surface area contributed by atoms with Crippen molar-refractivity contribution in [3.05, 3.63) is 29.8 Å². The van der Waals surface area contributed by atoms with E-state index in [1.807, 2.05) is 12.1 Å². The van der Waals surface area contributed by atoms with Crippen LogP contribution < -0.4 is 10.1 Å². The number of rotatable bonds is 2. The zero-order valence-corrected chi connectivity index (χ0v) is 10.7. The van der Waals surface area contributed by atoms with Crippen LogP contribution >= 0.6 is 0 Å². The molecule has 3 heteroatoms. The van der Waals surface area contributed by atoms with E-state index in [4.69, 9.17) is 4.74 Å². The molecule has 3 nitrogen and oxygen atoms in total. The maximum Gasteiger partial charge on any atom is 0.221 e. The number of hydrogen-bond donors (Lipinski definition) is 1. The van der Waals surface area contributed by atoms with Gasteiger partial charge in [0.15, 0.2) is 0 Å². The zero-order valence-electron chi connectivity index (χ0n) is 10.7. The fourth-order valence-corrected chi connectivity index (χ4v) is 3.55. The van der Waals surface area contributed by atoms with Crippen LogP contribution in [0.5, 0.6) is 5.75 Å². The summed E-state index contributed by atoms with van der Waals surface area (Å²) in [5.41, 5.74) is 1.29. The van der Waals surface area contributed by atoms with Crippen LogP contribution in [0.15, 0.2) is 24.3 Å². The summed E-state index contributed by atoms with van der Waals surface area (Å²) < 4.78 is 5.19. The number of hydrogen-bond acceptors (Lipinski definition) is 2. The Kier molecular flexibility index (Phi) is 2.77. The standard InChI is InChI=1S/C15H19NO2/c1-18-12-6-4-11(5-7-12)13-10-14(17)16-15(13)8-2-3-9-15/h4-7,13H,2-3,8-10H2,1H3,(H,16,17)/t13-/m1/s1. The van der Waals surface area contributed by atoms with Crippen LogP contribution in [0.25, 0.3) is 0 Å². The van der Waals surface area contributed by atoms with Gasteiger partial charge in [-0.2, -0.15) is 0 Å². The molecule has 1 atom stereocenters. The topological polar surface area (TPSA) is 38.3 Å². The number of benzene rings is 1. The van der Waals surface area contributed by atoms with Crippen LogP contribution in [-0.4, -0.2) is 18.6 Å². The van der Waals surface area contributed by atoms with Crippen molar-refractivity contribution in [1.29, 1.82) is 0 Å². The molecule has 0 bridgehead atoms. The first-order valence-electron chi connectivity index (χ1n) is 6.68. The Morgan fingerprint density at radius 3 is 2.50 bits per heavy atom. The maximum absolute atomic E-state index is 11.8. The minimum atomic E-state index is 0.0334. The van der Waals surface area contributed by atoms with Gasteiger partial charge in [0.2, 0.25) is 5.91 Å². The Morgan fingerprint density at radius 2 is 1.89 bits per heavy atom. The van der Waals surface area contributed by atoms with Gasteiger partial charge in [-0.15, -0.1) is 0 Å². The molecule has 0 radical (unpaired) electrons. The number of amides is 1. The molecule has 0 aromatic heterocycles. The molecule has 2 aliphatic rings. The number of carbonyl (C=O) groups is 1. The SMILES string of the molecule is COc1ccc([C@H]2CC(=O)NC23CCCC3)cc1. The molecule has 3 rings (SSSR count). The third-order valence-electron chi connectivity index (χ3n) is 4.46. The summed E-state index contributed by atoms with van der Waals surface area (Å²) in [4.78, 5) is 11.8. The molecule has 1 heterocycles. The first-order chi connectivity index (χ1) is 8.73. The second kappa shape index (κ2) is 4.30. The average molecular weight is 245 g/mol. The number of ether oxygens (including phenoxy) is 1. The Bertz CT molecular complexity index is 446. The predicted molar refractivity (Wildman–Crippen MR) is 69.7 cm³/mol. The average Bonchev–Trinajstić information content (AvgIpc) is 2.98. The van der Waals surface area contributed by atoms with Gasteiger partial charge in [0, 0.05) is 17.9 Å². The minimum Gasteiger partial charge on any atom is -0.497 e. The van der Waals surface area contributed by atoms with Crippen molar-refractivity contribution in [1.82, 2.24) is 5.32 Å². The highest BCUT2D eigenvalue weighted by Crippen LogP contribution is 2.46. The van der Waals surface area contributed by atoms with Crippen molar-refractivity contribution in [2.45, 2.75) is 43.6 Å². The molecule has 2 fully saturated rings. The summed E-state index contributed by atoms with van der Waals surface area (Å²) in [5, 5.41) is 3.24. The molecule has 1 aliphatic heterocycles. The number of nitrogens with one attached hydrogen (secondary N) is 1. The lowest BCUT2D eigenvalue weighted by Gasteiger charge is -2.31. The largest absolute Gasteiger partial charge is 0.497 e. The Hall–Kier alpha value is -1.51. The molecule has 1 N–H and O–H groups in total. The monoisotopic (exact) mass is 245 g/mol. The van der Waals surface area contributed by atoms with E-state index in [1.54, 1.807) is 7.11 Å². The normalized spacial score (nSPS) is 25.4. The van der Waals surface area contributed by atoms with Gasteiger partial charge in [-0.05, 0) is 30.5 Å². The Labute approximate surface area is 108 Å². The quantitative estimate of drug-likeness (QED) is 0.869. The van der Waals surface area contributed by atoms with Crippen molar-refractivity contribution < 1.29 is 9.53 Å². The third-order valence-corrected chi connectivity index (χ3v) is 4.46. The maximum atomic E-state index is 11.8. The van der Waals surface area contributed by atoms with Crippen molar-refractivity contribution in [3.63, 3.8) is 0 Å². The molecule has 18 heavy (non-hydrogen) atoms. The Morgan fingerprint density at radius 1 is 1.22 bits per heavy atom. The van der Waals surface area contributed by atoms with E-state index < -0.39 is 0 Å². The number of carbonyl (C=O) groups excluding carboxylic acids is 1. The molecule has 1 aromatic carbocycles. The molecule has 1 spiro atoms. The Balaban J connectivity index is 1.91. The van der Waals surface area contributed by atoms with E-state index in [2.05, 4.69) is 17.4 Å². The van der Waals surface area contributed by atoms with E-state index in [0.717, 1.165) is 18.6 Å². The van der Waals surface area contributed by atoms with Gasteiger partial charge < -0.3 is 10.1 Å². The fraction of sp³-hybridized carbons (Fsp3) is 0.533. The number of methoxy groups -OCH3 is 1. The first-order valence-corrected chi connectivity index (χ1v) is 6.68. The third kappa shape index (κ3) is 1.78. The molecular weight excluding hydrogens is 226 g/mol. The summed E-state index contributed by atoms with van der Waals surface area (Å²) in [6.45, 7) is 0. The highest BCUT2D eigenvalue weighted by molar-refractivity contribution is 5.81. The lowest BCUT2D eigenvalue weighted by atomic mass is 9.79. The minimum absolute atomic E-state index is 0.0334. The second-order valence-corrected chi connectivity index (χ2v) is 5.44. The van der Waals surface area contributed by atoms with E-state index >= 15 is 0 Å². The van der Waals surface area contributed by atoms with E-state index in [-0.39, 0.29) is 11.4 Å². The molecule has 1 aromatic rings. The van der Waals surface area contributed by atoms with Crippen LogP contribution in [0.1, 0.15) is 43.6 Å². The summed E-state index contributed by atoms with van der Waals surface area (Å²) in [5.74, 6) is 1.41. The van der Waals surface area contributed by atoms with E-state index in [9.17, 15) is 4.79 Å². The molecule has 96 valence electrons. The predicted octanol–water partition coefficient (Wildman–Crippen LogP) is 2.61.